The zero-order chi connectivity index (χ0) is 11.5. The maximum atomic E-state index is 12.5. The van der Waals surface area contributed by atoms with Crippen LogP contribution in [0.4, 0.5) is 4.39 Å². The number of carbonyl (C=O) groups is 1. The highest BCUT2D eigenvalue weighted by atomic mass is 32.2. The van der Waals surface area contributed by atoms with Crippen molar-refractivity contribution in [2.24, 2.45) is 0 Å². The monoisotopic (exact) mass is 231 g/mol. The zero-order valence-corrected chi connectivity index (χ0v) is 8.84. The highest BCUT2D eigenvalue weighted by Crippen LogP contribution is 2.08. The van der Waals surface area contributed by atoms with E-state index in [1.54, 1.807) is 0 Å². The Bertz CT molecular complexity index is 453. The molecule has 82 valence electrons. The van der Waals surface area contributed by atoms with Crippen LogP contribution in [-0.4, -0.2) is 20.7 Å². The minimum absolute atomic E-state index is 0.0647. The third-order valence-corrected chi connectivity index (χ3v) is 3.05. The van der Waals surface area contributed by atoms with E-state index >= 15 is 0 Å². The van der Waals surface area contributed by atoms with E-state index in [1.807, 2.05) is 0 Å². The number of carbonyl (C=O) groups excluding carboxylic acids is 1. The predicted octanol–water partition coefficient (Wildman–Crippen LogP) is 0.693. The van der Waals surface area contributed by atoms with E-state index in [0.717, 1.165) is 24.3 Å². The van der Waals surface area contributed by atoms with Crippen molar-refractivity contribution in [1.82, 2.24) is 4.72 Å². The number of halogens is 1. The van der Waals surface area contributed by atoms with Gasteiger partial charge < -0.3 is 0 Å². The minimum atomic E-state index is -3.71. The molecule has 0 radical (unpaired) electrons. The lowest BCUT2D eigenvalue weighted by atomic mass is 10.4. The topological polar surface area (TPSA) is 63.2 Å². The van der Waals surface area contributed by atoms with Gasteiger partial charge >= 0.3 is 0 Å². The molecule has 0 saturated heterocycles. The Labute approximate surface area is 87.2 Å². The molecule has 1 aromatic rings. The molecule has 4 nitrogen and oxygen atoms in total. The van der Waals surface area contributed by atoms with Crippen LogP contribution in [0, 0.1) is 5.82 Å². The maximum absolute atomic E-state index is 12.5. The molecular formula is C9H10FNO3S. The fraction of sp³-hybridized carbons (Fsp3) is 0.222. The van der Waals surface area contributed by atoms with E-state index in [9.17, 15) is 17.6 Å². The molecule has 15 heavy (non-hydrogen) atoms. The average Bonchev–Trinajstić information content (AvgIpc) is 2.16. The third kappa shape index (κ3) is 3.41. The lowest BCUT2D eigenvalue weighted by molar-refractivity contribution is -0.115. The molecule has 6 heteroatoms. The molecule has 0 fully saturated rings. The van der Waals surface area contributed by atoms with Gasteiger partial charge in [0.1, 0.15) is 11.6 Å². The summed E-state index contributed by atoms with van der Waals surface area (Å²) >= 11 is 0. The zero-order valence-electron chi connectivity index (χ0n) is 8.03. The fourth-order valence-electron chi connectivity index (χ4n) is 0.894. The lowest BCUT2D eigenvalue weighted by Gasteiger charge is -2.04. The normalized spacial score (nSPS) is 11.3. The van der Waals surface area contributed by atoms with Gasteiger partial charge in [-0.2, -0.15) is 0 Å². The van der Waals surface area contributed by atoms with Gasteiger partial charge in [0.25, 0.3) is 0 Å². The van der Waals surface area contributed by atoms with Gasteiger partial charge in [-0.05, 0) is 31.2 Å². The summed E-state index contributed by atoms with van der Waals surface area (Å²) in [6.45, 7) is 1.01. The van der Waals surface area contributed by atoms with Crippen LogP contribution in [0.1, 0.15) is 6.92 Å². The van der Waals surface area contributed by atoms with Crippen molar-refractivity contribution in [2.45, 2.75) is 11.8 Å². The Morgan fingerprint density at radius 2 is 1.87 bits per heavy atom. The molecule has 1 N–H and O–H groups in total. The molecule has 0 aliphatic heterocycles. The van der Waals surface area contributed by atoms with Crippen LogP contribution in [-0.2, 0) is 14.8 Å². The van der Waals surface area contributed by atoms with Crippen molar-refractivity contribution < 1.29 is 17.6 Å². The molecule has 0 unspecified atom stereocenters. The van der Waals surface area contributed by atoms with Crippen LogP contribution in [0.25, 0.3) is 0 Å². The number of hydrogen-bond donors (Lipinski definition) is 1. The van der Waals surface area contributed by atoms with Gasteiger partial charge in [0.05, 0.1) is 11.4 Å². The number of nitrogens with one attached hydrogen (secondary N) is 1. The molecule has 0 bridgehead atoms. The smallest absolute Gasteiger partial charge is 0.240 e. The van der Waals surface area contributed by atoms with E-state index in [1.165, 1.54) is 6.92 Å². The van der Waals surface area contributed by atoms with Gasteiger partial charge in [-0.1, -0.05) is 0 Å². The first-order valence-corrected chi connectivity index (χ1v) is 5.65. The number of benzene rings is 1. The molecule has 0 aliphatic rings. The van der Waals surface area contributed by atoms with E-state index < -0.39 is 15.8 Å². The van der Waals surface area contributed by atoms with E-state index in [4.69, 9.17) is 0 Å². The van der Waals surface area contributed by atoms with Crippen LogP contribution in [0.3, 0.4) is 0 Å². The lowest BCUT2D eigenvalue weighted by Crippen LogP contribution is -2.28. The summed E-state index contributed by atoms with van der Waals surface area (Å²) in [6, 6.07) is 4.36. The first kappa shape index (κ1) is 11.8. The van der Waals surface area contributed by atoms with E-state index in [0.29, 0.717) is 0 Å². The average molecular weight is 231 g/mol. The Morgan fingerprint density at radius 1 is 1.33 bits per heavy atom. The van der Waals surface area contributed by atoms with Crippen molar-refractivity contribution in [2.75, 3.05) is 6.54 Å². The van der Waals surface area contributed by atoms with Gasteiger partial charge in [0, 0.05) is 0 Å². The molecule has 1 rings (SSSR count). The Morgan fingerprint density at radius 3 is 2.33 bits per heavy atom. The van der Waals surface area contributed by atoms with Crippen molar-refractivity contribution in [3.63, 3.8) is 0 Å². The Kier molecular flexibility index (Phi) is 3.54. The molecule has 0 spiro atoms. The van der Waals surface area contributed by atoms with Crippen molar-refractivity contribution in [3.05, 3.63) is 30.1 Å². The van der Waals surface area contributed by atoms with Crippen LogP contribution in [0.5, 0.6) is 0 Å². The maximum Gasteiger partial charge on any atom is 0.240 e. The quantitative estimate of drug-likeness (QED) is 0.829. The van der Waals surface area contributed by atoms with Gasteiger partial charge in [-0.25, -0.2) is 17.5 Å². The van der Waals surface area contributed by atoms with Crippen LogP contribution >= 0.6 is 0 Å². The van der Waals surface area contributed by atoms with Crippen molar-refractivity contribution in [3.8, 4) is 0 Å². The molecule has 0 saturated carbocycles. The number of ketones is 1. The summed E-state index contributed by atoms with van der Waals surface area (Å²) in [4.78, 5) is 10.5. The summed E-state index contributed by atoms with van der Waals surface area (Å²) < 4.78 is 37.5. The van der Waals surface area contributed by atoms with Crippen molar-refractivity contribution in [1.29, 1.82) is 0 Å². The predicted molar refractivity (Wildman–Crippen MR) is 52.3 cm³/mol. The Hall–Kier alpha value is -1.27. The first-order chi connectivity index (χ1) is 6.92. The first-order valence-electron chi connectivity index (χ1n) is 4.16. The summed E-state index contributed by atoms with van der Waals surface area (Å²) in [7, 11) is -3.71. The van der Waals surface area contributed by atoms with Crippen LogP contribution < -0.4 is 4.72 Å². The summed E-state index contributed by atoms with van der Waals surface area (Å²) in [6.07, 6.45) is 0. The highest BCUT2D eigenvalue weighted by molar-refractivity contribution is 7.89. The summed E-state index contributed by atoms with van der Waals surface area (Å²) in [5.74, 6) is -0.804. The standard InChI is InChI=1S/C9H10FNO3S/c1-7(12)6-11-15(13,14)9-4-2-8(10)3-5-9/h2-5,11H,6H2,1H3. The number of sulfonamides is 1. The molecule has 0 aromatic heterocycles. The third-order valence-electron chi connectivity index (χ3n) is 1.64. The second kappa shape index (κ2) is 4.50. The number of Topliss-reactive ketones (excluding diaryl/α,β-unsaturated/α-hetero) is 1. The molecule has 0 aliphatic carbocycles. The fourth-order valence-corrected chi connectivity index (χ4v) is 1.95. The van der Waals surface area contributed by atoms with Gasteiger partial charge in [-0.15, -0.1) is 0 Å². The second-order valence-corrected chi connectivity index (χ2v) is 4.75. The highest BCUT2D eigenvalue weighted by Gasteiger charge is 2.13. The van der Waals surface area contributed by atoms with Gasteiger partial charge in [-0.3, -0.25) is 4.79 Å². The van der Waals surface area contributed by atoms with Gasteiger partial charge in [0.2, 0.25) is 10.0 Å². The van der Waals surface area contributed by atoms with Crippen LogP contribution in [0.15, 0.2) is 29.2 Å². The van der Waals surface area contributed by atoms with Crippen LogP contribution in [0.2, 0.25) is 0 Å². The number of rotatable bonds is 4. The molecular weight excluding hydrogens is 221 g/mol. The Balaban J connectivity index is 2.87. The van der Waals surface area contributed by atoms with Crippen molar-refractivity contribution >= 4 is 15.8 Å². The molecule has 0 heterocycles. The van der Waals surface area contributed by atoms with E-state index in [2.05, 4.69) is 4.72 Å². The molecule has 1 aromatic carbocycles. The van der Waals surface area contributed by atoms with E-state index in [-0.39, 0.29) is 17.2 Å². The summed E-state index contributed by atoms with van der Waals surface area (Å²) in [5, 5.41) is 0. The molecule has 0 atom stereocenters. The SMILES string of the molecule is CC(=O)CNS(=O)(=O)c1ccc(F)cc1. The van der Waals surface area contributed by atoms with Gasteiger partial charge in [0.15, 0.2) is 0 Å². The largest absolute Gasteiger partial charge is 0.299 e. The number of hydrogen-bond acceptors (Lipinski definition) is 3. The molecule has 0 amide bonds. The summed E-state index contributed by atoms with van der Waals surface area (Å²) in [5.41, 5.74) is 0. The minimum Gasteiger partial charge on any atom is -0.299 e. The second-order valence-electron chi connectivity index (χ2n) is 2.98.